The largest absolute Gasteiger partial charge is 0.310 e. The number of hydrogen-bond acceptors (Lipinski definition) is 1. The quantitative estimate of drug-likeness (QED) is 0.177. The van der Waals surface area contributed by atoms with Gasteiger partial charge in [-0.3, -0.25) is 0 Å². The predicted octanol–water partition coefficient (Wildman–Crippen LogP) is 12.4. The number of fused-ring (bicyclic) bond motifs is 4. The average Bonchev–Trinajstić information content (AvgIpc) is 3.47. The SMILES string of the molecule is Cc1ccccc1N(c1ccc(-c2cccc3c2CCCC3)cc1)c1ccc2c(c1)C(c1ccccc1)(c1ccccc1)c1ccccc1-2. The Kier molecular flexibility index (Phi) is 7.28. The first-order valence-electron chi connectivity index (χ1n) is 17.7. The lowest BCUT2D eigenvalue weighted by atomic mass is 9.67. The van der Waals surface area contributed by atoms with E-state index >= 15 is 0 Å². The highest BCUT2D eigenvalue weighted by Crippen LogP contribution is 2.57. The third-order valence-corrected chi connectivity index (χ3v) is 10.9. The van der Waals surface area contributed by atoms with E-state index in [9.17, 15) is 0 Å². The highest BCUT2D eigenvalue weighted by molar-refractivity contribution is 5.90. The molecule has 2 aliphatic carbocycles. The zero-order chi connectivity index (χ0) is 32.8. The van der Waals surface area contributed by atoms with Gasteiger partial charge in [-0.15, -0.1) is 0 Å². The fourth-order valence-electron chi connectivity index (χ4n) is 8.65. The second kappa shape index (κ2) is 12.1. The molecule has 0 radical (unpaired) electrons. The molecule has 0 aromatic heterocycles. The van der Waals surface area contributed by atoms with Crippen LogP contribution in [0.1, 0.15) is 51.8 Å². The lowest BCUT2D eigenvalue weighted by molar-refractivity contribution is 0.687. The van der Waals surface area contributed by atoms with Gasteiger partial charge < -0.3 is 4.90 Å². The van der Waals surface area contributed by atoms with Gasteiger partial charge in [0, 0.05) is 17.1 Å². The molecule has 0 fully saturated rings. The van der Waals surface area contributed by atoms with Crippen LogP contribution in [0.2, 0.25) is 0 Å². The first-order valence-corrected chi connectivity index (χ1v) is 17.7. The summed E-state index contributed by atoms with van der Waals surface area (Å²) >= 11 is 0. The predicted molar refractivity (Wildman–Crippen MR) is 205 cm³/mol. The molecule has 0 unspecified atom stereocenters. The average molecular weight is 630 g/mol. The van der Waals surface area contributed by atoms with Crippen molar-refractivity contribution in [3.63, 3.8) is 0 Å². The van der Waals surface area contributed by atoms with Crippen molar-refractivity contribution in [1.29, 1.82) is 0 Å². The molecule has 0 N–H and O–H groups in total. The van der Waals surface area contributed by atoms with Crippen LogP contribution in [-0.2, 0) is 18.3 Å². The molecular formula is C48H39N. The van der Waals surface area contributed by atoms with Gasteiger partial charge in [-0.1, -0.05) is 140 Å². The number of para-hydroxylation sites is 1. The second-order valence-electron chi connectivity index (χ2n) is 13.6. The van der Waals surface area contributed by atoms with E-state index in [0.717, 1.165) is 11.4 Å². The Morgan fingerprint density at radius 2 is 1.08 bits per heavy atom. The molecule has 0 saturated heterocycles. The van der Waals surface area contributed by atoms with Gasteiger partial charge in [-0.05, 0) is 124 Å². The van der Waals surface area contributed by atoms with Crippen molar-refractivity contribution in [3.8, 4) is 22.3 Å². The molecule has 1 heteroatoms. The number of benzene rings is 7. The lowest BCUT2D eigenvalue weighted by Crippen LogP contribution is -2.28. The van der Waals surface area contributed by atoms with Crippen molar-refractivity contribution in [3.05, 3.63) is 209 Å². The molecule has 7 aromatic carbocycles. The summed E-state index contributed by atoms with van der Waals surface area (Å²) in [7, 11) is 0. The highest BCUT2D eigenvalue weighted by Gasteiger charge is 2.46. The van der Waals surface area contributed by atoms with E-state index in [1.807, 2.05) is 0 Å². The molecule has 0 heterocycles. The first-order chi connectivity index (χ1) is 24.2. The van der Waals surface area contributed by atoms with Gasteiger partial charge in [-0.25, -0.2) is 0 Å². The van der Waals surface area contributed by atoms with Gasteiger partial charge in [0.2, 0.25) is 0 Å². The van der Waals surface area contributed by atoms with Gasteiger partial charge in [0.25, 0.3) is 0 Å². The van der Waals surface area contributed by atoms with Crippen LogP contribution in [0.25, 0.3) is 22.3 Å². The number of nitrogens with zero attached hydrogens (tertiary/aromatic N) is 1. The molecule has 49 heavy (non-hydrogen) atoms. The molecule has 1 nitrogen and oxygen atoms in total. The monoisotopic (exact) mass is 629 g/mol. The summed E-state index contributed by atoms with van der Waals surface area (Å²) < 4.78 is 0. The zero-order valence-electron chi connectivity index (χ0n) is 27.9. The summed E-state index contributed by atoms with van der Waals surface area (Å²) in [6, 6.07) is 63.2. The third kappa shape index (κ3) is 4.76. The van der Waals surface area contributed by atoms with Crippen LogP contribution in [-0.4, -0.2) is 0 Å². The topological polar surface area (TPSA) is 3.24 Å². The van der Waals surface area contributed by atoms with Crippen LogP contribution in [0.4, 0.5) is 17.1 Å². The summed E-state index contributed by atoms with van der Waals surface area (Å²) in [6.07, 6.45) is 4.93. The van der Waals surface area contributed by atoms with E-state index < -0.39 is 5.41 Å². The van der Waals surface area contributed by atoms with Gasteiger partial charge in [-0.2, -0.15) is 0 Å². The molecule has 0 atom stereocenters. The minimum Gasteiger partial charge on any atom is -0.310 e. The van der Waals surface area contributed by atoms with Crippen LogP contribution < -0.4 is 4.90 Å². The van der Waals surface area contributed by atoms with Crippen molar-refractivity contribution in [2.24, 2.45) is 0 Å². The van der Waals surface area contributed by atoms with Crippen molar-refractivity contribution >= 4 is 17.1 Å². The number of rotatable bonds is 6. The van der Waals surface area contributed by atoms with Gasteiger partial charge in [0.1, 0.15) is 0 Å². The standard InChI is InChI=1S/C48H39N/c1-34-15-8-13-26-47(34)49(39-29-27-36(28-30-39)42-24-14-17-35-16-9-10-22-41(35)42)40-31-32-44-43-23-11-12-25-45(43)48(46(44)33-40,37-18-4-2-5-19-37)38-20-6-3-7-21-38/h2-8,11-15,17-21,23-33H,9-10,16,22H2,1H3. The van der Waals surface area contributed by atoms with Crippen LogP contribution >= 0.6 is 0 Å². The fraction of sp³-hybridized carbons (Fsp3) is 0.125. The summed E-state index contributed by atoms with van der Waals surface area (Å²) in [5, 5.41) is 0. The smallest absolute Gasteiger partial charge is 0.0714 e. The summed E-state index contributed by atoms with van der Waals surface area (Å²) in [5.41, 5.74) is 17.8. The Balaban J connectivity index is 1.25. The van der Waals surface area contributed by atoms with Crippen LogP contribution in [0.5, 0.6) is 0 Å². The maximum absolute atomic E-state index is 2.46. The van der Waals surface area contributed by atoms with Crippen molar-refractivity contribution in [2.45, 2.75) is 38.0 Å². The highest BCUT2D eigenvalue weighted by atomic mass is 15.1. The number of hydrogen-bond donors (Lipinski definition) is 0. The number of anilines is 3. The molecule has 0 saturated carbocycles. The molecule has 9 rings (SSSR count). The molecule has 7 aromatic rings. The summed E-state index contributed by atoms with van der Waals surface area (Å²) in [5.74, 6) is 0. The minimum absolute atomic E-state index is 0.446. The Hall–Kier alpha value is -5.66. The minimum atomic E-state index is -0.446. The fourth-order valence-corrected chi connectivity index (χ4v) is 8.65. The first kappa shape index (κ1) is 29.5. The van der Waals surface area contributed by atoms with Gasteiger partial charge in [0.05, 0.1) is 5.41 Å². The van der Waals surface area contributed by atoms with Crippen molar-refractivity contribution in [1.82, 2.24) is 0 Å². The maximum atomic E-state index is 2.46. The zero-order valence-corrected chi connectivity index (χ0v) is 27.9. The van der Waals surface area contributed by atoms with E-state index in [-0.39, 0.29) is 0 Å². The Morgan fingerprint density at radius 3 is 1.84 bits per heavy atom. The molecule has 0 aliphatic heterocycles. The van der Waals surface area contributed by atoms with Crippen LogP contribution in [0, 0.1) is 6.92 Å². The summed E-state index contributed by atoms with van der Waals surface area (Å²) in [4.78, 5) is 2.45. The molecule has 0 spiro atoms. The van der Waals surface area contributed by atoms with E-state index in [2.05, 4.69) is 182 Å². The summed E-state index contributed by atoms with van der Waals surface area (Å²) in [6.45, 7) is 2.22. The van der Waals surface area contributed by atoms with Crippen molar-refractivity contribution < 1.29 is 0 Å². The van der Waals surface area contributed by atoms with Gasteiger partial charge in [0.15, 0.2) is 0 Å². The van der Waals surface area contributed by atoms with Crippen LogP contribution in [0.15, 0.2) is 170 Å². The third-order valence-electron chi connectivity index (χ3n) is 10.9. The van der Waals surface area contributed by atoms with E-state index in [4.69, 9.17) is 0 Å². The Morgan fingerprint density at radius 1 is 0.469 bits per heavy atom. The molecule has 2 aliphatic rings. The lowest BCUT2D eigenvalue weighted by Gasteiger charge is -2.35. The molecular weight excluding hydrogens is 591 g/mol. The normalized spacial score (nSPS) is 14.1. The van der Waals surface area contributed by atoms with Crippen LogP contribution in [0.3, 0.4) is 0 Å². The molecule has 0 bridgehead atoms. The number of aryl methyl sites for hydroxylation is 2. The van der Waals surface area contributed by atoms with Gasteiger partial charge >= 0.3 is 0 Å². The van der Waals surface area contributed by atoms with Crippen molar-refractivity contribution in [2.75, 3.05) is 4.90 Å². The Labute approximate surface area is 290 Å². The molecule has 0 amide bonds. The Bertz CT molecular complexity index is 2240. The second-order valence-corrected chi connectivity index (χ2v) is 13.6. The van der Waals surface area contributed by atoms with E-state index in [1.54, 1.807) is 0 Å². The van der Waals surface area contributed by atoms with E-state index in [1.165, 1.54) is 92.6 Å². The van der Waals surface area contributed by atoms with E-state index in [0.29, 0.717) is 0 Å². The molecule has 236 valence electrons. The maximum Gasteiger partial charge on any atom is 0.0714 e.